The molecule has 0 bridgehead atoms. The Hall–Kier alpha value is -1.36. The van der Waals surface area contributed by atoms with Gasteiger partial charge in [0.05, 0.1) is 26.4 Å². The summed E-state index contributed by atoms with van der Waals surface area (Å²) in [7, 11) is 1.67. The van der Waals surface area contributed by atoms with Gasteiger partial charge in [-0.2, -0.15) is 0 Å². The normalized spacial score (nSPS) is 21.7. The lowest BCUT2D eigenvalue weighted by atomic mass is 10.1. The third kappa shape index (κ3) is 5.65. The number of allylic oxidation sites excluding steroid dienone is 1. The quantitative estimate of drug-likeness (QED) is 0.676. The van der Waals surface area contributed by atoms with Crippen molar-refractivity contribution >= 4 is 0 Å². The van der Waals surface area contributed by atoms with Crippen molar-refractivity contribution in [3.05, 3.63) is 42.0 Å². The Labute approximate surface area is 139 Å². The highest BCUT2D eigenvalue weighted by atomic mass is 16.7. The molecule has 0 N–H and O–H groups in total. The molecule has 128 valence electrons. The number of ether oxygens (including phenoxy) is 4. The fourth-order valence-electron chi connectivity index (χ4n) is 2.55. The summed E-state index contributed by atoms with van der Waals surface area (Å²) in [6.07, 6.45) is 6.12. The molecule has 0 aromatic heterocycles. The highest BCUT2D eigenvalue weighted by Crippen LogP contribution is 2.27. The molecule has 1 saturated heterocycles. The predicted molar refractivity (Wildman–Crippen MR) is 90.5 cm³/mol. The smallest absolute Gasteiger partial charge is 0.163 e. The van der Waals surface area contributed by atoms with Crippen molar-refractivity contribution in [2.45, 2.75) is 58.2 Å². The lowest BCUT2D eigenvalue weighted by molar-refractivity contribution is -0.157. The number of benzene rings is 1. The fourth-order valence-corrected chi connectivity index (χ4v) is 2.55. The Morgan fingerprint density at radius 3 is 2.57 bits per heavy atom. The summed E-state index contributed by atoms with van der Waals surface area (Å²) in [6.45, 7) is 7.13. The standard InChI is InChI=1S/C19H28O4/c1-5-6-7-8-17(18-14-22-19(2,3)23-18)21-13-15-9-11-16(20-4)12-10-15/h6-7,9-12,17-18H,5,8,13-14H2,1-4H3/b7-6-/t17-,18+/m0/s1. The molecule has 2 rings (SSSR count). The van der Waals surface area contributed by atoms with Crippen molar-refractivity contribution < 1.29 is 18.9 Å². The van der Waals surface area contributed by atoms with Gasteiger partial charge in [-0.3, -0.25) is 0 Å². The minimum Gasteiger partial charge on any atom is -0.497 e. The highest BCUT2D eigenvalue weighted by molar-refractivity contribution is 5.26. The van der Waals surface area contributed by atoms with Crippen LogP contribution in [0.3, 0.4) is 0 Å². The van der Waals surface area contributed by atoms with E-state index in [0.29, 0.717) is 13.2 Å². The average Bonchev–Trinajstić information content (AvgIpc) is 2.91. The Morgan fingerprint density at radius 1 is 1.26 bits per heavy atom. The molecule has 4 heteroatoms. The second-order valence-electron chi connectivity index (χ2n) is 6.18. The number of hydrogen-bond donors (Lipinski definition) is 0. The lowest BCUT2D eigenvalue weighted by Crippen LogP contribution is -2.32. The Morgan fingerprint density at radius 2 is 2.00 bits per heavy atom. The number of rotatable bonds is 8. The first-order chi connectivity index (χ1) is 11.0. The average molecular weight is 320 g/mol. The molecule has 1 aromatic carbocycles. The largest absolute Gasteiger partial charge is 0.497 e. The zero-order valence-electron chi connectivity index (χ0n) is 14.6. The van der Waals surface area contributed by atoms with Gasteiger partial charge in [-0.25, -0.2) is 0 Å². The molecule has 0 spiro atoms. The van der Waals surface area contributed by atoms with Crippen LogP contribution in [-0.2, 0) is 20.8 Å². The Kier molecular flexibility index (Phi) is 6.63. The summed E-state index contributed by atoms with van der Waals surface area (Å²) in [5, 5.41) is 0. The van der Waals surface area contributed by atoms with Crippen LogP contribution in [-0.4, -0.2) is 31.7 Å². The summed E-state index contributed by atoms with van der Waals surface area (Å²) in [5.41, 5.74) is 1.12. The van der Waals surface area contributed by atoms with Crippen LogP contribution in [0.15, 0.2) is 36.4 Å². The number of methoxy groups -OCH3 is 1. The van der Waals surface area contributed by atoms with E-state index in [2.05, 4.69) is 19.1 Å². The molecule has 1 aliphatic rings. The molecule has 1 heterocycles. The van der Waals surface area contributed by atoms with Crippen molar-refractivity contribution in [2.24, 2.45) is 0 Å². The zero-order chi connectivity index (χ0) is 16.7. The molecule has 1 aliphatic heterocycles. The van der Waals surface area contributed by atoms with Gasteiger partial charge < -0.3 is 18.9 Å². The Bertz CT molecular complexity index is 493. The van der Waals surface area contributed by atoms with Gasteiger partial charge in [0.25, 0.3) is 0 Å². The van der Waals surface area contributed by atoms with Crippen LogP contribution in [0.2, 0.25) is 0 Å². The van der Waals surface area contributed by atoms with E-state index in [4.69, 9.17) is 18.9 Å². The molecule has 0 saturated carbocycles. The van der Waals surface area contributed by atoms with Crippen LogP contribution in [0, 0.1) is 0 Å². The van der Waals surface area contributed by atoms with E-state index in [1.807, 2.05) is 38.1 Å². The van der Waals surface area contributed by atoms with Crippen LogP contribution in [0.25, 0.3) is 0 Å². The molecule has 1 aromatic rings. The molecule has 2 atom stereocenters. The topological polar surface area (TPSA) is 36.9 Å². The van der Waals surface area contributed by atoms with Crippen molar-refractivity contribution in [2.75, 3.05) is 13.7 Å². The van der Waals surface area contributed by atoms with Gasteiger partial charge in [0.1, 0.15) is 11.9 Å². The van der Waals surface area contributed by atoms with Crippen molar-refractivity contribution in [1.29, 1.82) is 0 Å². The van der Waals surface area contributed by atoms with E-state index in [1.54, 1.807) is 7.11 Å². The van der Waals surface area contributed by atoms with E-state index in [9.17, 15) is 0 Å². The molecule has 23 heavy (non-hydrogen) atoms. The zero-order valence-corrected chi connectivity index (χ0v) is 14.6. The van der Waals surface area contributed by atoms with Crippen LogP contribution in [0.5, 0.6) is 5.75 Å². The van der Waals surface area contributed by atoms with E-state index in [0.717, 1.165) is 24.2 Å². The van der Waals surface area contributed by atoms with E-state index < -0.39 is 5.79 Å². The number of hydrogen-bond acceptors (Lipinski definition) is 4. The molecule has 0 amide bonds. The van der Waals surface area contributed by atoms with Gasteiger partial charge >= 0.3 is 0 Å². The van der Waals surface area contributed by atoms with Crippen molar-refractivity contribution in [3.8, 4) is 5.75 Å². The maximum Gasteiger partial charge on any atom is 0.163 e. The maximum atomic E-state index is 6.13. The van der Waals surface area contributed by atoms with Gasteiger partial charge in [-0.1, -0.05) is 31.2 Å². The van der Waals surface area contributed by atoms with Crippen LogP contribution in [0.1, 0.15) is 39.2 Å². The lowest BCUT2D eigenvalue weighted by Gasteiger charge is -2.24. The molecule has 0 unspecified atom stereocenters. The molecule has 1 fully saturated rings. The maximum absolute atomic E-state index is 6.13. The first kappa shape index (κ1) is 18.0. The van der Waals surface area contributed by atoms with E-state index >= 15 is 0 Å². The minimum absolute atomic E-state index is 0.0123. The third-order valence-corrected chi connectivity index (χ3v) is 3.84. The first-order valence-corrected chi connectivity index (χ1v) is 8.25. The van der Waals surface area contributed by atoms with Crippen molar-refractivity contribution in [3.63, 3.8) is 0 Å². The second kappa shape index (κ2) is 8.48. The molecular weight excluding hydrogens is 292 g/mol. The van der Waals surface area contributed by atoms with Crippen LogP contribution < -0.4 is 4.74 Å². The van der Waals surface area contributed by atoms with Gasteiger partial charge in [-0.05, 0) is 44.4 Å². The van der Waals surface area contributed by atoms with Gasteiger partial charge in [-0.15, -0.1) is 0 Å². The Balaban J connectivity index is 1.94. The van der Waals surface area contributed by atoms with Gasteiger partial charge in [0, 0.05) is 0 Å². The summed E-state index contributed by atoms with van der Waals surface area (Å²) >= 11 is 0. The monoisotopic (exact) mass is 320 g/mol. The minimum atomic E-state index is -0.527. The summed E-state index contributed by atoms with van der Waals surface area (Å²) in [6, 6.07) is 7.94. The third-order valence-electron chi connectivity index (χ3n) is 3.84. The molecule has 4 nitrogen and oxygen atoms in total. The SMILES string of the molecule is CC/C=C\C[C@H](OCc1ccc(OC)cc1)[C@H]1COC(C)(C)O1. The summed E-state index contributed by atoms with van der Waals surface area (Å²) in [4.78, 5) is 0. The second-order valence-corrected chi connectivity index (χ2v) is 6.18. The van der Waals surface area contributed by atoms with Gasteiger partial charge in [0.2, 0.25) is 0 Å². The predicted octanol–water partition coefficient (Wildman–Crippen LogP) is 4.09. The van der Waals surface area contributed by atoms with E-state index in [1.165, 1.54) is 0 Å². The summed E-state index contributed by atoms with van der Waals surface area (Å²) < 4.78 is 23.0. The summed E-state index contributed by atoms with van der Waals surface area (Å²) in [5.74, 6) is 0.325. The fraction of sp³-hybridized carbons (Fsp3) is 0.579. The van der Waals surface area contributed by atoms with Crippen LogP contribution in [0.4, 0.5) is 0 Å². The van der Waals surface area contributed by atoms with Gasteiger partial charge in [0.15, 0.2) is 5.79 Å². The molecule has 0 radical (unpaired) electrons. The van der Waals surface area contributed by atoms with E-state index in [-0.39, 0.29) is 12.2 Å². The molecule has 0 aliphatic carbocycles. The van der Waals surface area contributed by atoms with Crippen molar-refractivity contribution in [1.82, 2.24) is 0 Å². The highest BCUT2D eigenvalue weighted by Gasteiger charge is 2.37. The first-order valence-electron chi connectivity index (χ1n) is 8.25. The molecular formula is C19H28O4. The van der Waals surface area contributed by atoms with Crippen LogP contribution >= 0.6 is 0 Å².